The fourth-order valence-electron chi connectivity index (χ4n) is 5.42. The number of hydrogen-bond donors (Lipinski definition) is 0. The molecule has 222 valence electrons. The minimum absolute atomic E-state index is 0.0403. The molecule has 2 heterocycles. The zero-order valence-corrected chi connectivity index (χ0v) is 27.7. The first-order valence-corrected chi connectivity index (χ1v) is 15.3. The Balaban J connectivity index is 1.82. The van der Waals surface area contributed by atoms with Gasteiger partial charge in [0.2, 0.25) is 11.8 Å². The minimum Gasteiger partial charge on any atom is -0.301 e. The Morgan fingerprint density at radius 3 is 0.857 bits per heavy atom. The molecule has 0 unspecified atom stereocenters. The number of rotatable bonds is 4. The smallest absolute Gasteiger partial charge is 0.247 e. The number of carbonyl (C=O) groups is 2. The highest BCUT2D eigenvalue weighted by Crippen LogP contribution is 2.47. The van der Waals surface area contributed by atoms with E-state index in [1.165, 1.54) is 22.3 Å². The fourth-order valence-corrected chi connectivity index (χ4v) is 5.42. The van der Waals surface area contributed by atoms with Crippen molar-refractivity contribution >= 4 is 23.2 Å². The molecule has 0 saturated carbocycles. The van der Waals surface area contributed by atoms with Crippen LogP contribution in [0.5, 0.6) is 0 Å². The van der Waals surface area contributed by atoms with Crippen molar-refractivity contribution in [1.82, 2.24) is 0 Å². The van der Waals surface area contributed by atoms with Crippen LogP contribution in [0.15, 0.2) is 48.5 Å². The average molecular weight is 565 g/mol. The Kier molecular flexibility index (Phi) is 6.84. The first kappa shape index (κ1) is 30.1. The van der Waals surface area contributed by atoms with E-state index in [2.05, 4.69) is 132 Å². The van der Waals surface area contributed by atoms with E-state index in [1.807, 2.05) is 9.80 Å². The summed E-state index contributed by atoms with van der Waals surface area (Å²) in [7, 11) is 0. The maximum absolute atomic E-state index is 12.7. The lowest BCUT2D eigenvalue weighted by Gasteiger charge is -2.28. The van der Waals surface area contributed by atoms with Gasteiger partial charge in [-0.05, 0) is 67.2 Å². The molecular formula is C38H48N2O2. The molecule has 2 saturated heterocycles. The van der Waals surface area contributed by atoms with E-state index in [0.717, 1.165) is 33.6 Å². The Bertz CT molecular complexity index is 1410. The molecule has 4 nitrogen and oxygen atoms in total. The van der Waals surface area contributed by atoms with Crippen molar-refractivity contribution in [2.75, 3.05) is 22.9 Å². The van der Waals surface area contributed by atoms with E-state index in [4.69, 9.17) is 0 Å². The molecule has 0 aromatic heterocycles. The molecule has 2 amide bonds. The van der Waals surface area contributed by atoms with Crippen LogP contribution in [0.3, 0.4) is 0 Å². The van der Waals surface area contributed by atoms with Gasteiger partial charge < -0.3 is 9.80 Å². The van der Waals surface area contributed by atoms with Gasteiger partial charge in [0, 0.05) is 11.1 Å². The SMILES string of the molecule is CC(C)(C)c1cc(-c2cc(N3CC3=O)c(-c3cc(C(C)(C)C)cc(C(C)(C)C)c3)cc2N2CC2=O)cc(C(C)(C)C)c1. The van der Waals surface area contributed by atoms with Gasteiger partial charge in [0.1, 0.15) is 13.1 Å². The van der Waals surface area contributed by atoms with Crippen molar-refractivity contribution in [2.24, 2.45) is 0 Å². The molecule has 0 bridgehead atoms. The summed E-state index contributed by atoms with van der Waals surface area (Å²) in [5, 5.41) is 0. The number of nitrogens with zero attached hydrogens (tertiary/aromatic N) is 2. The molecule has 3 aromatic rings. The van der Waals surface area contributed by atoms with E-state index in [9.17, 15) is 9.59 Å². The summed E-state index contributed by atoms with van der Waals surface area (Å²) in [6.45, 7) is 27.7. The summed E-state index contributed by atoms with van der Waals surface area (Å²) in [4.78, 5) is 29.1. The average Bonchev–Trinajstić information content (AvgIpc) is 3.78. The molecule has 42 heavy (non-hydrogen) atoms. The van der Waals surface area contributed by atoms with Crippen molar-refractivity contribution in [3.8, 4) is 22.3 Å². The number of benzene rings is 3. The molecule has 0 atom stereocenters. The van der Waals surface area contributed by atoms with Crippen molar-refractivity contribution in [2.45, 2.75) is 105 Å². The topological polar surface area (TPSA) is 40.2 Å². The van der Waals surface area contributed by atoms with Crippen LogP contribution in [0, 0.1) is 0 Å². The van der Waals surface area contributed by atoms with E-state index < -0.39 is 0 Å². The highest BCUT2D eigenvalue weighted by Gasteiger charge is 2.38. The molecular weight excluding hydrogens is 516 g/mol. The summed E-state index contributed by atoms with van der Waals surface area (Å²) >= 11 is 0. The lowest BCUT2D eigenvalue weighted by molar-refractivity contribution is -0.110. The van der Waals surface area contributed by atoms with Crippen LogP contribution < -0.4 is 9.80 Å². The van der Waals surface area contributed by atoms with Crippen molar-refractivity contribution in [1.29, 1.82) is 0 Å². The standard InChI is InChI=1S/C38H48N2O2/c1-35(2,3)25-13-23(14-26(17-25)36(4,5)6)29-19-32(40-22-34(40)42)30(20-31(29)39-21-33(39)41)24-15-27(37(7,8)9)18-28(16-24)38(10,11)12/h13-20H,21-22H2,1-12H3. The van der Waals surface area contributed by atoms with Gasteiger partial charge in [-0.25, -0.2) is 0 Å². The Morgan fingerprint density at radius 1 is 0.429 bits per heavy atom. The van der Waals surface area contributed by atoms with Crippen molar-refractivity contribution < 1.29 is 9.59 Å². The third-order valence-corrected chi connectivity index (χ3v) is 8.63. The van der Waals surface area contributed by atoms with Gasteiger partial charge in [-0.3, -0.25) is 9.59 Å². The normalized spacial score (nSPS) is 15.9. The van der Waals surface area contributed by atoms with Crippen LogP contribution in [-0.2, 0) is 31.2 Å². The molecule has 2 aliphatic rings. The second-order valence-electron chi connectivity index (χ2n) is 16.4. The highest BCUT2D eigenvalue weighted by atomic mass is 16.2. The van der Waals surface area contributed by atoms with E-state index in [0.29, 0.717) is 13.1 Å². The van der Waals surface area contributed by atoms with Gasteiger partial charge in [-0.1, -0.05) is 119 Å². The Labute approximate surface area is 253 Å². The zero-order chi connectivity index (χ0) is 31.2. The summed E-state index contributed by atoms with van der Waals surface area (Å²) in [6, 6.07) is 18.1. The van der Waals surface area contributed by atoms with Crippen LogP contribution in [0.2, 0.25) is 0 Å². The van der Waals surface area contributed by atoms with Gasteiger partial charge in [-0.15, -0.1) is 0 Å². The fraction of sp³-hybridized carbons (Fsp3) is 0.474. The molecule has 3 aromatic carbocycles. The highest BCUT2D eigenvalue weighted by molar-refractivity contribution is 6.18. The molecule has 2 fully saturated rings. The maximum atomic E-state index is 12.7. The van der Waals surface area contributed by atoms with Crippen LogP contribution in [0.25, 0.3) is 22.3 Å². The lowest BCUT2D eigenvalue weighted by Crippen LogP contribution is -2.17. The van der Waals surface area contributed by atoms with Gasteiger partial charge in [-0.2, -0.15) is 0 Å². The van der Waals surface area contributed by atoms with E-state index in [-0.39, 0.29) is 33.5 Å². The first-order chi connectivity index (χ1) is 19.1. The number of anilines is 2. The lowest BCUT2D eigenvalue weighted by atomic mass is 9.78. The quantitative estimate of drug-likeness (QED) is 0.297. The van der Waals surface area contributed by atoms with Crippen LogP contribution >= 0.6 is 0 Å². The molecule has 0 aliphatic carbocycles. The van der Waals surface area contributed by atoms with Crippen LogP contribution in [0.1, 0.15) is 105 Å². The molecule has 4 heteroatoms. The second kappa shape index (κ2) is 9.56. The molecule has 0 N–H and O–H groups in total. The summed E-state index contributed by atoms with van der Waals surface area (Å²) in [5.74, 6) is 0.249. The van der Waals surface area contributed by atoms with Crippen molar-refractivity contribution in [3.05, 3.63) is 70.8 Å². The maximum Gasteiger partial charge on any atom is 0.247 e. The first-order valence-electron chi connectivity index (χ1n) is 15.3. The summed E-state index contributed by atoms with van der Waals surface area (Å²) < 4.78 is 0. The predicted molar refractivity (Wildman–Crippen MR) is 177 cm³/mol. The van der Waals surface area contributed by atoms with Gasteiger partial charge in [0.05, 0.1) is 11.4 Å². The second-order valence-corrected chi connectivity index (χ2v) is 16.4. The van der Waals surface area contributed by atoms with Crippen molar-refractivity contribution in [3.63, 3.8) is 0 Å². The van der Waals surface area contributed by atoms with Gasteiger partial charge in [0.15, 0.2) is 0 Å². The Hall–Kier alpha value is -3.40. The van der Waals surface area contributed by atoms with Crippen LogP contribution in [-0.4, -0.2) is 24.9 Å². The van der Waals surface area contributed by atoms with Gasteiger partial charge in [0.25, 0.3) is 0 Å². The monoisotopic (exact) mass is 564 g/mol. The molecule has 0 spiro atoms. The minimum atomic E-state index is -0.0403. The number of hydrogen-bond acceptors (Lipinski definition) is 2. The number of amides is 2. The number of carbonyl (C=O) groups excluding carboxylic acids is 2. The molecule has 2 aliphatic heterocycles. The third-order valence-electron chi connectivity index (χ3n) is 8.63. The largest absolute Gasteiger partial charge is 0.301 e. The zero-order valence-electron chi connectivity index (χ0n) is 27.7. The summed E-state index contributed by atoms with van der Waals surface area (Å²) in [5.41, 5.74) is 10.9. The molecule has 5 rings (SSSR count). The molecule has 0 radical (unpaired) electrons. The van der Waals surface area contributed by atoms with Gasteiger partial charge >= 0.3 is 0 Å². The van der Waals surface area contributed by atoms with Crippen LogP contribution in [0.4, 0.5) is 11.4 Å². The van der Waals surface area contributed by atoms with E-state index >= 15 is 0 Å². The Morgan fingerprint density at radius 2 is 0.667 bits per heavy atom. The third kappa shape index (κ3) is 5.91. The summed E-state index contributed by atoms with van der Waals surface area (Å²) in [6.07, 6.45) is 0. The van der Waals surface area contributed by atoms with E-state index in [1.54, 1.807) is 0 Å². The predicted octanol–water partition coefficient (Wildman–Crippen LogP) is 8.90.